The van der Waals surface area contributed by atoms with Crippen molar-refractivity contribution < 1.29 is 9.53 Å². The van der Waals surface area contributed by atoms with Gasteiger partial charge in [0.05, 0.1) is 17.6 Å². The maximum atomic E-state index is 12.0. The zero-order valence-electron chi connectivity index (χ0n) is 13.1. The van der Waals surface area contributed by atoms with E-state index in [0.717, 1.165) is 22.2 Å². The fraction of sp³-hybridized carbons (Fsp3) is 0.500. The molecule has 20 heavy (non-hydrogen) atoms. The number of esters is 1. The van der Waals surface area contributed by atoms with Crippen molar-refractivity contribution in [3.8, 4) is 0 Å². The van der Waals surface area contributed by atoms with Crippen LogP contribution in [0.2, 0.25) is 0 Å². The first-order valence-corrected chi connectivity index (χ1v) is 6.82. The Hall–Kier alpha value is -1.84. The van der Waals surface area contributed by atoms with Crippen LogP contribution in [0.1, 0.15) is 37.6 Å². The summed E-state index contributed by atoms with van der Waals surface area (Å²) in [5.74, 6) is -0.207. The summed E-state index contributed by atoms with van der Waals surface area (Å²) in [6.07, 6.45) is 0.271. The monoisotopic (exact) mass is 274 g/mol. The third kappa shape index (κ3) is 2.84. The van der Waals surface area contributed by atoms with Gasteiger partial charge in [0.1, 0.15) is 5.60 Å². The van der Waals surface area contributed by atoms with E-state index < -0.39 is 5.60 Å². The topological polar surface area (TPSA) is 44.1 Å². The maximum Gasteiger partial charge on any atom is 0.310 e. The fourth-order valence-electron chi connectivity index (χ4n) is 2.56. The number of carbonyl (C=O) groups is 1. The lowest BCUT2D eigenvalue weighted by Gasteiger charge is -2.19. The van der Waals surface area contributed by atoms with E-state index in [1.807, 2.05) is 51.6 Å². The zero-order chi connectivity index (χ0) is 15.1. The van der Waals surface area contributed by atoms with E-state index in [1.165, 1.54) is 5.56 Å². The standard InChI is InChI=1S/C16H22N2O2/c1-10-7-8-12(9-13(19)20-16(3,4)5)15-14(10)11(2)17-18(15)6/h7-8H,9H2,1-6H3. The molecule has 2 rings (SSSR count). The molecule has 108 valence electrons. The van der Waals surface area contributed by atoms with E-state index in [-0.39, 0.29) is 12.4 Å². The summed E-state index contributed by atoms with van der Waals surface area (Å²) in [5, 5.41) is 5.59. The van der Waals surface area contributed by atoms with Gasteiger partial charge in [-0.3, -0.25) is 9.48 Å². The number of benzene rings is 1. The van der Waals surface area contributed by atoms with Gasteiger partial charge in [0, 0.05) is 12.4 Å². The van der Waals surface area contributed by atoms with Crippen molar-refractivity contribution in [3.63, 3.8) is 0 Å². The molecule has 0 amide bonds. The average molecular weight is 274 g/mol. The normalized spacial score (nSPS) is 11.9. The minimum atomic E-state index is -0.455. The second kappa shape index (κ2) is 4.93. The van der Waals surface area contributed by atoms with Crippen LogP contribution in [-0.4, -0.2) is 21.4 Å². The van der Waals surface area contributed by atoms with Gasteiger partial charge >= 0.3 is 5.97 Å². The summed E-state index contributed by atoms with van der Waals surface area (Å²) in [6, 6.07) is 4.03. The van der Waals surface area contributed by atoms with Crippen molar-refractivity contribution in [1.29, 1.82) is 0 Å². The molecule has 0 saturated heterocycles. The molecule has 1 heterocycles. The number of ether oxygens (including phenoxy) is 1. The van der Waals surface area contributed by atoms with E-state index in [9.17, 15) is 4.79 Å². The molecule has 0 aliphatic heterocycles. The Morgan fingerprint density at radius 3 is 2.55 bits per heavy atom. The second-order valence-electron chi connectivity index (χ2n) is 6.24. The molecule has 2 aromatic rings. The van der Waals surface area contributed by atoms with Gasteiger partial charge in [-0.05, 0) is 45.7 Å². The highest BCUT2D eigenvalue weighted by molar-refractivity contribution is 5.90. The predicted molar refractivity (Wildman–Crippen MR) is 79.7 cm³/mol. The van der Waals surface area contributed by atoms with Crippen LogP contribution in [0.4, 0.5) is 0 Å². The van der Waals surface area contributed by atoms with Crippen LogP contribution < -0.4 is 0 Å². The highest BCUT2D eigenvalue weighted by Crippen LogP contribution is 2.26. The van der Waals surface area contributed by atoms with E-state index in [2.05, 4.69) is 12.0 Å². The Morgan fingerprint density at radius 1 is 1.30 bits per heavy atom. The Labute approximate surface area is 119 Å². The molecule has 0 atom stereocenters. The van der Waals surface area contributed by atoms with Crippen molar-refractivity contribution in [2.75, 3.05) is 0 Å². The zero-order valence-corrected chi connectivity index (χ0v) is 13.1. The Morgan fingerprint density at radius 2 is 1.95 bits per heavy atom. The summed E-state index contributed by atoms with van der Waals surface area (Å²) in [5.41, 5.74) is 3.70. The highest BCUT2D eigenvalue weighted by Gasteiger charge is 2.19. The summed E-state index contributed by atoms with van der Waals surface area (Å²) >= 11 is 0. The molecule has 0 unspecified atom stereocenters. The molecule has 0 radical (unpaired) electrons. The molecule has 0 fully saturated rings. The molecule has 0 saturated carbocycles. The van der Waals surface area contributed by atoms with Crippen molar-refractivity contribution in [2.45, 2.75) is 46.6 Å². The number of aryl methyl sites for hydroxylation is 3. The quantitative estimate of drug-likeness (QED) is 0.790. The van der Waals surface area contributed by atoms with Crippen LogP contribution in [0.3, 0.4) is 0 Å². The van der Waals surface area contributed by atoms with Crippen LogP contribution in [0.25, 0.3) is 10.9 Å². The SMILES string of the molecule is Cc1ccc(CC(=O)OC(C)(C)C)c2c1c(C)nn2C. The maximum absolute atomic E-state index is 12.0. The predicted octanol–water partition coefficient (Wildman–Crippen LogP) is 3.07. The molecular weight excluding hydrogens is 252 g/mol. The molecule has 0 aliphatic carbocycles. The minimum Gasteiger partial charge on any atom is -0.460 e. The Balaban J connectivity index is 2.41. The van der Waals surface area contributed by atoms with Crippen LogP contribution in [0, 0.1) is 13.8 Å². The summed E-state index contributed by atoms with van der Waals surface area (Å²) in [7, 11) is 1.91. The van der Waals surface area contributed by atoms with Gasteiger partial charge in [0.2, 0.25) is 0 Å². The first-order chi connectivity index (χ1) is 9.19. The number of hydrogen-bond donors (Lipinski definition) is 0. The van der Waals surface area contributed by atoms with E-state index in [0.29, 0.717) is 0 Å². The van der Waals surface area contributed by atoms with Gasteiger partial charge < -0.3 is 4.74 Å². The number of rotatable bonds is 2. The largest absolute Gasteiger partial charge is 0.460 e. The lowest BCUT2D eigenvalue weighted by Crippen LogP contribution is -2.25. The Kier molecular flexibility index (Phi) is 3.59. The summed E-state index contributed by atoms with van der Waals surface area (Å²) < 4.78 is 7.24. The fourth-order valence-corrected chi connectivity index (χ4v) is 2.56. The van der Waals surface area contributed by atoms with Crippen LogP contribution in [0.15, 0.2) is 12.1 Å². The third-order valence-corrected chi connectivity index (χ3v) is 3.21. The molecule has 0 bridgehead atoms. The minimum absolute atomic E-state index is 0.207. The van der Waals surface area contributed by atoms with Gasteiger partial charge in [-0.25, -0.2) is 0 Å². The van der Waals surface area contributed by atoms with Crippen molar-refractivity contribution in [1.82, 2.24) is 9.78 Å². The third-order valence-electron chi connectivity index (χ3n) is 3.21. The average Bonchev–Trinajstić information content (AvgIpc) is 2.57. The van der Waals surface area contributed by atoms with Crippen LogP contribution in [0.5, 0.6) is 0 Å². The molecular formula is C16H22N2O2. The van der Waals surface area contributed by atoms with Crippen molar-refractivity contribution in [2.24, 2.45) is 7.05 Å². The molecule has 4 heteroatoms. The first kappa shape index (κ1) is 14.6. The summed E-state index contributed by atoms with van der Waals surface area (Å²) in [4.78, 5) is 12.0. The molecule has 0 spiro atoms. The number of carbonyl (C=O) groups excluding carboxylic acids is 1. The van der Waals surface area contributed by atoms with Crippen molar-refractivity contribution >= 4 is 16.9 Å². The molecule has 0 N–H and O–H groups in total. The van der Waals surface area contributed by atoms with Gasteiger partial charge in [-0.2, -0.15) is 5.10 Å². The van der Waals surface area contributed by atoms with E-state index >= 15 is 0 Å². The van der Waals surface area contributed by atoms with Gasteiger partial charge in [-0.15, -0.1) is 0 Å². The van der Waals surface area contributed by atoms with Gasteiger partial charge in [0.15, 0.2) is 0 Å². The molecule has 1 aromatic heterocycles. The number of aromatic nitrogens is 2. The van der Waals surface area contributed by atoms with Gasteiger partial charge in [-0.1, -0.05) is 12.1 Å². The van der Waals surface area contributed by atoms with E-state index in [1.54, 1.807) is 0 Å². The van der Waals surface area contributed by atoms with E-state index in [4.69, 9.17) is 4.74 Å². The van der Waals surface area contributed by atoms with Crippen molar-refractivity contribution in [3.05, 3.63) is 29.0 Å². The molecule has 4 nitrogen and oxygen atoms in total. The number of nitrogens with zero attached hydrogens (tertiary/aromatic N) is 2. The number of hydrogen-bond acceptors (Lipinski definition) is 3. The first-order valence-electron chi connectivity index (χ1n) is 6.82. The smallest absolute Gasteiger partial charge is 0.310 e. The summed E-state index contributed by atoms with van der Waals surface area (Å²) in [6.45, 7) is 9.69. The molecule has 0 aliphatic rings. The van der Waals surface area contributed by atoms with Gasteiger partial charge in [0.25, 0.3) is 0 Å². The number of fused-ring (bicyclic) bond motifs is 1. The lowest BCUT2D eigenvalue weighted by molar-refractivity contribution is -0.153. The Bertz CT molecular complexity index is 663. The highest BCUT2D eigenvalue weighted by atomic mass is 16.6. The molecule has 1 aromatic carbocycles. The lowest BCUT2D eigenvalue weighted by atomic mass is 10.0. The van der Waals surface area contributed by atoms with Crippen LogP contribution >= 0.6 is 0 Å². The van der Waals surface area contributed by atoms with Crippen LogP contribution in [-0.2, 0) is 23.0 Å². The second-order valence-corrected chi connectivity index (χ2v) is 6.24.